The molecule has 25 heavy (non-hydrogen) atoms. The normalized spacial score (nSPS) is 13.2. The maximum atomic E-state index is 12.3. The van der Waals surface area contributed by atoms with Crippen LogP contribution in [0.15, 0.2) is 70.1 Å². The molecule has 2 aromatic heterocycles. The van der Waals surface area contributed by atoms with Crippen LogP contribution in [0.4, 0.5) is 0 Å². The quantitative estimate of drug-likeness (QED) is 0.690. The van der Waals surface area contributed by atoms with Gasteiger partial charge in [-0.3, -0.25) is 4.79 Å². The van der Waals surface area contributed by atoms with Crippen LogP contribution >= 0.6 is 0 Å². The third-order valence-corrected chi connectivity index (χ3v) is 3.97. The van der Waals surface area contributed by atoms with Crippen LogP contribution in [0.3, 0.4) is 0 Å². The molecule has 1 amide bonds. The molecule has 1 aromatic carbocycles. The van der Waals surface area contributed by atoms with E-state index in [0.717, 1.165) is 5.56 Å². The molecule has 0 spiro atoms. The number of carbonyl (C=O) groups is 1. The van der Waals surface area contributed by atoms with Crippen LogP contribution in [0, 0.1) is 0 Å². The fourth-order valence-corrected chi connectivity index (χ4v) is 2.60. The minimum Gasteiger partial charge on any atom is -0.497 e. The Morgan fingerprint density at radius 1 is 1.24 bits per heavy atom. The molecule has 6 nitrogen and oxygen atoms in total. The molecule has 2 heterocycles. The third kappa shape index (κ3) is 3.75. The predicted molar refractivity (Wildman–Crippen MR) is 90.1 cm³/mol. The van der Waals surface area contributed by atoms with Gasteiger partial charge in [0.25, 0.3) is 0 Å². The predicted octanol–water partition coefficient (Wildman–Crippen LogP) is 2.48. The van der Waals surface area contributed by atoms with E-state index in [4.69, 9.17) is 13.6 Å². The highest BCUT2D eigenvalue weighted by Crippen LogP contribution is 2.29. The van der Waals surface area contributed by atoms with Gasteiger partial charge < -0.3 is 24.0 Å². The zero-order valence-electron chi connectivity index (χ0n) is 13.8. The Bertz CT molecular complexity index is 774. The monoisotopic (exact) mass is 341 g/mol. The Kier molecular flexibility index (Phi) is 4.90. The second-order valence-electron chi connectivity index (χ2n) is 5.65. The van der Waals surface area contributed by atoms with Crippen molar-refractivity contribution >= 4 is 5.91 Å². The Balaban J connectivity index is 1.70. The van der Waals surface area contributed by atoms with Gasteiger partial charge in [0.2, 0.25) is 5.91 Å². The van der Waals surface area contributed by atoms with Crippen LogP contribution < -0.4 is 10.1 Å². The van der Waals surface area contributed by atoms with Gasteiger partial charge in [-0.25, -0.2) is 0 Å². The van der Waals surface area contributed by atoms with Crippen molar-refractivity contribution in [2.45, 2.75) is 12.0 Å². The second-order valence-corrected chi connectivity index (χ2v) is 5.65. The summed E-state index contributed by atoms with van der Waals surface area (Å²) in [5.41, 5.74) is -0.175. The molecule has 0 radical (unpaired) electrons. The zero-order valence-corrected chi connectivity index (χ0v) is 13.8. The third-order valence-electron chi connectivity index (χ3n) is 3.97. The van der Waals surface area contributed by atoms with E-state index < -0.39 is 5.60 Å². The lowest BCUT2D eigenvalue weighted by molar-refractivity contribution is -0.121. The molecule has 130 valence electrons. The molecule has 0 aliphatic rings. The molecule has 0 aliphatic heterocycles. The molecule has 0 saturated heterocycles. The van der Waals surface area contributed by atoms with Gasteiger partial charge >= 0.3 is 0 Å². The van der Waals surface area contributed by atoms with Crippen LogP contribution in [0.25, 0.3) is 0 Å². The topological polar surface area (TPSA) is 84.8 Å². The van der Waals surface area contributed by atoms with E-state index in [-0.39, 0.29) is 18.9 Å². The number of amides is 1. The molecule has 6 heteroatoms. The van der Waals surface area contributed by atoms with Gasteiger partial charge in [0, 0.05) is 5.56 Å². The van der Waals surface area contributed by atoms with Crippen molar-refractivity contribution in [3.05, 3.63) is 78.1 Å². The molecule has 0 unspecified atom stereocenters. The fourth-order valence-electron chi connectivity index (χ4n) is 2.60. The van der Waals surface area contributed by atoms with Gasteiger partial charge in [0.15, 0.2) is 5.60 Å². The number of carbonyl (C=O) groups excluding carboxylic acids is 1. The van der Waals surface area contributed by atoms with E-state index in [2.05, 4.69) is 5.32 Å². The molecule has 3 aromatic rings. The SMILES string of the molecule is COc1cccc(CC(=O)NC[C@@](O)(c2ccoc2)c2ccco2)c1. The van der Waals surface area contributed by atoms with E-state index >= 15 is 0 Å². The Morgan fingerprint density at radius 3 is 2.80 bits per heavy atom. The molecule has 0 aliphatic carbocycles. The summed E-state index contributed by atoms with van der Waals surface area (Å²) in [5, 5.41) is 13.8. The highest BCUT2D eigenvalue weighted by molar-refractivity contribution is 5.78. The first-order valence-corrected chi connectivity index (χ1v) is 7.80. The number of hydrogen-bond acceptors (Lipinski definition) is 5. The first-order valence-electron chi connectivity index (χ1n) is 7.80. The largest absolute Gasteiger partial charge is 0.497 e. The summed E-state index contributed by atoms with van der Waals surface area (Å²) in [5.74, 6) is 0.799. The van der Waals surface area contributed by atoms with Gasteiger partial charge in [0.1, 0.15) is 11.5 Å². The van der Waals surface area contributed by atoms with Gasteiger partial charge in [-0.2, -0.15) is 0 Å². The second kappa shape index (κ2) is 7.27. The van der Waals surface area contributed by atoms with Crippen LogP contribution in [-0.2, 0) is 16.8 Å². The number of methoxy groups -OCH3 is 1. The van der Waals surface area contributed by atoms with E-state index in [1.165, 1.54) is 18.8 Å². The lowest BCUT2D eigenvalue weighted by Crippen LogP contribution is -2.41. The minimum atomic E-state index is -1.50. The highest BCUT2D eigenvalue weighted by Gasteiger charge is 2.36. The summed E-state index contributed by atoms with van der Waals surface area (Å²) < 4.78 is 15.6. The van der Waals surface area contributed by atoms with Crippen molar-refractivity contribution in [1.29, 1.82) is 0 Å². The van der Waals surface area contributed by atoms with Crippen molar-refractivity contribution in [3.63, 3.8) is 0 Å². The van der Waals surface area contributed by atoms with E-state index in [0.29, 0.717) is 17.1 Å². The van der Waals surface area contributed by atoms with Crippen molar-refractivity contribution in [2.75, 3.05) is 13.7 Å². The van der Waals surface area contributed by atoms with Gasteiger partial charge in [-0.15, -0.1) is 0 Å². The Morgan fingerprint density at radius 2 is 2.12 bits per heavy atom. The van der Waals surface area contributed by atoms with Crippen LogP contribution in [0.2, 0.25) is 0 Å². The first kappa shape index (κ1) is 16.9. The standard InChI is InChI=1S/C19H19NO5/c1-23-16-5-2-4-14(10-16)11-18(21)20-13-19(22,15-7-9-24-12-15)17-6-3-8-25-17/h2-10,12,22H,11,13H2,1H3,(H,20,21)/t19-/m1/s1. The minimum absolute atomic E-state index is 0.0388. The summed E-state index contributed by atoms with van der Waals surface area (Å²) in [6.07, 6.45) is 4.54. The maximum absolute atomic E-state index is 12.3. The highest BCUT2D eigenvalue weighted by atomic mass is 16.5. The number of nitrogens with one attached hydrogen (secondary N) is 1. The lowest BCUT2D eigenvalue weighted by atomic mass is 9.93. The lowest BCUT2D eigenvalue weighted by Gasteiger charge is -2.25. The molecular weight excluding hydrogens is 322 g/mol. The molecule has 3 rings (SSSR count). The van der Waals surface area contributed by atoms with Gasteiger partial charge in [-0.05, 0) is 35.9 Å². The maximum Gasteiger partial charge on any atom is 0.224 e. The summed E-state index contributed by atoms with van der Waals surface area (Å²) in [6.45, 7) is -0.0388. The number of furan rings is 2. The van der Waals surface area contributed by atoms with Gasteiger partial charge in [0.05, 0.1) is 38.9 Å². The molecule has 0 bridgehead atoms. The molecule has 0 saturated carbocycles. The average molecular weight is 341 g/mol. The van der Waals surface area contributed by atoms with E-state index in [1.807, 2.05) is 18.2 Å². The fraction of sp³-hybridized carbons (Fsp3) is 0.211. The van der Waals surface area contributed by atoms with E-state index in [9.17, 15) is 9.90 Å². The van der Waals surface area contributed by atoms with Crippen LogP contribution in [0.1, 0.15) is 16.9 Å². The average Bonchev–Trinajstić information content (AvgIpc) is 3.33. The molecule has 1 atom stereocenters. The van der Waals surface area contributed by atoms with Crippen molar-refractivity contribution in [3.8, 4) is 5.75 Å². The summed E-state index contributed by atoms with van der Waals surface area (Å²) in [4.78, 5) is 12.3. The smallest absolute Gasteiger partial charge is 0.224 e. The number of hydrogen-bond donors (Lipinski definition) is 2. The Hall–Kier alpha value is -2.99. The van der Waals surface area contributed by atoms with Crippen molar-refractivity contribution < 1.29 is 23.5 Å². The zero-order chi connectivity index (χ0) is 17.7. The van der Waals surface area contributed by atoms with Crippen molar-refractivity contribution in [2.24, 2.45) is 0 Å². The first-order chi connectivity index (χ1) is 12.1. The van der Waals surface area contributed by atoms with E-state index in [1.54, 1.807) is 31.4 Å². The number of ether oxygens (including phenoxy) is 1. The number of aliphatic hydroxyl groups is 1. The summed E-state index contributed by atoms with van der Waals surface area (Å²) in [6, 6.07) is 12.3. The van der Waals surface area contributed by atoms with Crippen molar-refractivity contribution in [1.82, 2.24) is 5.32 Å². The summed E-state index contributed by atoms with van der Waals surface area (Å²) >= 11 is 0. The molecule has 0 fully saturated rings. The Labute approximate surface area is 145 Å². The molecule has 2 N–H and O–H groups in total. The number of rotatable bonds is 7. The summed E-state index contributed by atoms with van der Waals surface area (Å²) in [7, 11) is 1.58. The molecular formula is C19H19NO5. The van der Waals surface area contributed by atoms with Crippen LogP contribution in [-0.4, -0.2) is 24.7 Å². The van der Waals surface area contributed by atoms with Gasteiger partial charge in [-0.1, -0.05) is 12.1 Å². The van der Waals surface area contributed by atoms with Crippen LogP contribution in [0.5, 0.6) is 5.75 Å². The number of benzene rings is 1.